The molecule has 0 fully saturated rings. The van der Waals surface area contributed by atoms with Crippen LogP contribution in [-0.2, 0) is 9.53 Å². The second-order valence-electron chi connectivity index (χ2n) is 4.53. The molecule has 0 aromatic heterocycles. The Kier molecular flexibility index (Phi) is 3.98. The van der Waals surface area contributed by atoms with Gasteiger partial charge in [-0.15, -0.1) is 0 Å². The highest BCUT2D eigenvalue weighted by Crippen LogP contribution is 2.31. The Morgan fingerprint density at radius 2 is 2.06 bits per heavy atom. The standard InChI is InChI=1S/C16H18O2/c1-12(14-8-4-3-5-9-14)15-10-6-7-11-16(15)18-13(2)17/h3-5,8-10,16H,1,6-7,11H2,2H3/t16-/m0/s1. The van der Waals surface area contributed by atoms with Crippen molar-refractivity contribution in [3.05, 3.63) is 54.1 Å². The molecular formula is C16H18O2. The smallest absolute Gasteiger partial charge is 0.303 e. The Morgan fingerprint density at radius 3 is 2.72 bits per heavy atom. The van der Waals surface area contributed by atoms with E-state index in [1.165, 1.54) is 6.92 Å². The summed E-state index contributed by atoms with van der Waals surface area (Å²) in [6, 6.07) is 10.0. The largest absolute Gasteiger partial charge is 0.458 e. The molecule has 2 heteroatoms. The Hall–Kier alpha value is -1.83. The molecule has 0 bridgehead atoms. The Labute approximate surface area is 108 Å². The first-order chi connectivity index (χ1) is 8.68. The maximum Gasteiger partial charge on any atom is 0.303 e. The lowest BCUT2D eigenvalue weighted by molar-refractivity contribution is -0.144. The van der Waals surface area contributed by atoms with Gasteiger partial charge in [-0.2, -0.15) is 0 Å². The third-order valence-electron chi connectivity index (χ3n) is 3.16. The number of benzene rings is 1. The fourth-order valence-electron chi connectivity index (χ4n) is 2.29. The average Bonchev–Trinajstić information content (AvgIpc) is 2.39. The zero-order valence-corrected chi connectivity index (χ0v) is 10.7. The van der Waals surface area contributed by atoms with E-state index < -0.39 is 0 Å². The van der Waals surface area contributed by atoms with E-state index in [0.29, 0.717) is 0 Å². The molecule has 0 radical (unpaired) electrons. The van der Waals surface area contributed by atoms with E-state index >= 15 is 0 Å². The molecule has 0 spiro atoms. The van der Waals surface area contributed by atoms with Crippen LogP contribution in [0.25, 0.3) is 5.57 Å². The normalized spacial score (nSPS) is 18.9. The minimum absolute atomic E-state index is 0.135. The summed E-state index contributed by atoms with van der Waals surface area (Å²) in [5, 5.41) is 0. The molecule has 0 saturated carbocycles. The van der Waals surface area contributed by atoms with Gasteiger partial charge in [-0.3, -0.25) is 4.79 Å². The Morgan fingerprint density at radius 1 is 1.33 bits per heavy atom. The van der Waals surface area contributed by atoms with E-state index in [1.54, 1.807) is 0 Å². The lowest BCUT2D eigenvalue weighted by Crippen LogP contribution is -2.22. The third kappa shape index (κ3) is 2.89. The Balaban J connectivity index is 2.22. The van der Waals surface area contributed by atoms with Crippen LogP contribution in [0.5, 0.6) is 0 Å². The summed E-state index contributed by atoms with van der Waals surface area (Å²) in [6.07, 6.45) is 4.98. The number of esters is 1. The second kappa shape index (κ2) is 5.67. The van der Waals surface area contributed by atoms with Gasteiger partial charge in [0.15, 0.2) is 0 Å². The summed E-state index contributed by atoms with van der Waals surface area (Å²) in [4.78, 5) is 11.1. The highest BCUT2D eigenvalue weighted by molar-refractivity contribution is 5.79. The minimum Gasteiger partial charge on any atom is -0.458 e. The van der Waals surface area contributed by atoms with Gasteiger partial charge in [0.05, 0.1) is 0 Å². The molecule has 94 valence electrons. The predicted molar refractivity (Wildman–Crippen MR) is 73.0 cm³/mol. The van der Waals surface area contributed by atoms with Gasteiger partial charge in [0.25, 0.3) is 0 Å². The van der Waals surface area contributed by atoms with Crippen LogP contribution in [0.3, 0.4) is 0 Å². The summed E-state index contributed by atoms with van der Waals surface area (Å²) in [6.45, 7) is 5.60. The maximum atomic E-state index is 11.1. The first-order valence-corrected chi connectivity index (χ1v) is 6.30. The van der Waals surface area contributed by atoms with Crippen LogP contribution >= 0.6 is 0 Å². The maximum absolute atomic E-state index is 11.1. The van der Waals surface area contributed by atoms with Gasteiger partial charge in [-0.25, -0.2) is 0 Å². The van der Waals surface area contributed by atoms with Crippen molar-refractivity contribution >= 4 is 11.5 Å². The highest BCUT2D eigenvalue weighted by atomic mass is 16.5. The molecule has 0 N–H and O–H groups in total. The van der Waals surface area contributed by atoms with Gasteiger partial charge in [0.2, 0.25) is 0 Å². The molecule has 0 unspecified atom stereocenters. The second-order valence-corrected chi connectivity index (χ2v) is 4.53. The van der Waals surface area contributed by atoms with Crippen molar-refractivity contribution < 1.29 is 9.53 Å². The fourth-order valence-corrected chi connectivity index (χ4v) is 2.29. The number of carbonyl (C=O) groups is 1. The molecule has 0 aliphatic heterocycles. The molecule has 2 rings (SSSR count). The van der Waals surface area contributed by atoms with Crippen LogP contribution in [0.15, 0.2) is 48.6 Å². The first kappa shape index (κ1) is 12.6. The highest BCUT2D eigenvalue weighted by Gasteiger charge is 2.22. The first-order valence-electron chi connectivity index (χ1n) is 6.30. The predicted octanol–water partition coefficient (Wildman–Crippen LogP) is 3.74. The van der Waals surface area contributed by atoms with Crippen molar-refractivity contribution in [3.63, 3.8) is 0 Å². The topological polar surface area (TPSA) is 26.3 Å². The van der Waals surface area contributed by atoms with Gasteiger partial charge in [-0.1, -0.05) is 43.0 Å². The summed E-state index contributed by atoms with van der Waals surface area (Å²) in [7, 11) is 0. The van der Waals surface area contributed by atoms with Crippen LogP contribution in [-0.4, -0.2) is 12.1 Å². The van der Waals surface area contributed by atoms with Crippen LogP contribution in [0.4, 0.5) is 0 Å². The zero-order valence-electron chi connectivity index (χ0n) is 10.7. The van der Waals surface area contributed by atoms with Crippen molar-refractivity contribution in [2.45, 2.75) is 32.3 Å². The molecule has 1 atom stereocenters. The summed E-state index contributed by atoms with van der Waals surface area (Å²) >= 11 is 0. The van der Waals surface area contributed by atoms with E-state index in [2.05, 4.69) is 12.7 Å². The monoisotopic (exact) mass is 242 g/mol. The quantitative estimate of drug-likeness (QED) is 0.755. The van der Waals surface area contributed by atoms with Crippen molar-refractivity contribution in [2.75, 3.05) is 0 Å². The minimum atomic E-state index is -0.228. The summed E-state index contributed by atoms with van der Waals surface area (Å²) in [5.74, 6) is -0.228. The Bertz CT molecular complexity index is 471. The van der Waals surface area contributed by atoms with E-state index in [-0.39, 0.29) is 12.1 Å². The lowest BCUT2D eigenvalue weighted by Gasteiger charge is -2.25. The molecule has 1 aliphatic carbocycles. The van der Waals surface area contributed by atoms with E-state index in [9.17, 15) is 4.79 Å². The van der Waals surface area contributed by atoms with Crippen molar-refractivity contribution in [2.24, 2.45) is 0 Å². The third-order valence-corrected chi connectivity index (χ3v) is 3.16. The number of carbonyl (C=O) groups excluding carboxylic acids is 1. The van der Waals surface area contributed by atoms with E-state index in [0.717, 1.165) is 36.0 Å². The molecule has 0 amide bonds. The average molecular weight is 242 g/mol. The number of hydrogen-bond donors (Lipinski definition) is 0. The number of ether oxygens (including phenoxy) is 1. The van der Waals surface area contributed by atoms with Crippen molar-refractivity contribution in [1.29, 1.82) is 0 Å². The van der Waals surface area contributed by atoms with E-state index in [4.69, 9.17) is 4.74 Å². The SMILES string of the molecule is C=C(C1=CCCC[C@@H]1OC(C)=O)c1ccccc1. The van der Waals surface area contributed by atoms with Gasteiger partial charge in [0.1, 0.15) is 6.10 Å². The fraction of sp³-hybridized carbons (Fsp3) is 0.312. The molecule has 2 nitrogen and oxygen atoms in total. The van der Waals surface area contributed by atoms with Crippen LogP contribution in [0.2, 0.25) is 0 Å². The van der Waals surface area contributed by atoms with Crippen LogP contribution in [0.1, 0.15) is 31.7 Å². The van der Waals surface area contributed by atoms with Crippen molar-refractivity contribution in [1.82, 2.24) is 0 Å². The molecule has 0 heterocycles. The molecule has 18 heavy (non-hydrogen) atoms. The molecule has 1 aromatic rings. The van der Waals surface area contributed by atoms with Gasteiger partial charge in [0, 0.05) is 6.92 Å². The molecule has 1 aromatic carbocycles. The van der Waals surface area contributed by atoms with Gasteiger partial charge >= 0.3 is 5.97 Å². The van der Waals surface area contributed by atoms with Gasteiger partial charge < -0.3 is 4.74 Å². The summed E-state index contributed by atoms with van der Waals surface area (Å²) < 4.78 is 5.38. The van der Waals surface area contributed by atoms with E-state index in [1.807, 2.05) is 30.3 Å². The number of hydrogen-bond acceptors (Lipinski definition) is 2. The van der Waals surface area contributed by atoms with Crippen LogP contribution < -0.4 is 0 Å². The number of allylic oxidation sites excluding steroid dienone is 1. The van der Waals surface area contributed by atoms with Gasteiger partial charge in [-0.05, 0) is 36.0 Å². The summed E-state index contributed by atoms with van der Waals surface area (Å²) in [5.41, 5.74) is 3.10. The zero-order chi connectivity index (χ0) is 13.0. The molecule has 1 aliphatic rings. The lowest BCUT2D eigenvalue weighted by atomic mass is 9.88. The number of rotatable bonds is 3. The molecule has 0 saturated heterocycles. The van der Waals surface area contributed by atoms with Crippen LogP contribution in [0, 0.1) is 0 Å². The van der Waals surface area contributed by atoms with Crippen molar-refractivity contribution in [3.8, 4) is 0 Å². The molecular weight excluding hydrogens is 224 g/mol.